The smallest absolute Gasteiger partial charge is 0.262 e. The molecule has 0 unspecified atom stereocenters. The second-order valence-corrected chi connectivity index (χ2v) is 6.32. The number of nitrogens with zero attached hydrogens (tertiary/aromatic N) is 2. The Balaban J connectivity index is 2.29. The van der Waals surface area contributed by atoms with E-state index in [-0.39, 0.29) is 10.9 Å². The third kappa shape index (κ3) is 2.96. The Morgan fingerprint density at radius 1 is 1.26 bits per heavy atom. The van der Waals surface area contributed by atoms with E-state index in [0.717, 1.165) is 0 Å². The van der Waals surface area contributed by atoms with Crippen molar-refractivity contribution in [3.8, 4) is 0 Å². The Labute approximate surface area is 113 Å². The zero-order valence-electron chi connectivity index (χ0n) is 11.2. The van der Waals surface area contributed by atoms with Gasteiger partial charge in [-0.2, -0.15) is 5.10 Å². The van der Waals surface area contributed by atoms with Crippen molar-refractivity contribution in [2.45, 2.75) is 31.7 Å². The van der Waals surface area contributed by atoms with E-state index in [1.807, 2.05) is 19.9 Å². The molecule has 6 heteroatoms. The highest BCUT2D eigenvalue weighted by molar-refractivity contribution is 7.92. The van der Waals surface area contributed by atoms with Crippen LogP contribution in [0.1, 0.15) is 25.5 Å². The fourth-order valence-corrected chi connectivity index (χ4v) is 3.02. The second kappa shape index (κ2) is 5.05. The molecule has 0 radical (unpaired) electrons. The van der Waals surface area contributed by atoms with Crippen LogP contribution in [0.5, 0.6) is 0 Å². The molecule has 0 spiro atoms. The molecule has 1 heterocycles. The maximum atomic E-state index is 12.3. The molecule has 0 fully saturated rings. The SMILES string of the molecule is Cc1ccccc1S(=O)(=O)Nc1cnn(C(C)C)c1. The Bertz CT molecular complexity index is 675. The lowest BCUT2D eigenvalue weighted by Crippen LogP contribution is -2.13. The first kappa shape index (κ1) is 13.6. The molecule has 0 aliphatic heterocycles. The number of hydrogen-bond acceptors (Lipinski definition) is 3. The van der Waals surface area contributed by atoms with Crippen molar-refractivity contribution in [2.24, 2.45) is 0 Å². The maximum absolute atomic E-state index is 12.3. The third-order valence-electron chi connectivity index (χ3n) is 2.77. The van der Waals surface area contributed by atoms with Crippen LogP contribution in [0.25, 0.3) is 0 Å². The summed E-state index contributed by atoms with van der Waals surface area (Å²) in [4.78, 5) is 0.285. The van der Waals surface area contributed by atoms with Gasteiger partial charge in [-0.15, -0.1) is 0 Å². The molecule has 2 aromatic rings. The Hall–Kier alpha value is -1.82. The average Bonchev–Trinajstić information content (AvgIpc) is 2.77. The molecule has 1 aromatic heterocycles. The average molecular weight is 279 g/mol. The zero-order chi connectivity index (χ0) is 14.0. The molecule has 0 saturated heterocycles. The number of benzene rings is 1. The molecular formula is C13H17N3O2S. The van der Waals surface area contributed by atoms with Crippen molar-refractivity contribution in [1.29, 1.82) is 0 Å². The van der Waals surface area contributed by atoms with Gasteiger partial charge in [-0.25, -0.2) is 8.42 Å². The van der Waals surface area contributed by atoms with Crippen molar-refractivity contribution in [1.82, 2.24) is 9.78 Å². The van der Waals surface area contributed by atoms with E-state index in [0.29, 0.717) is 11.3 Å². The van der Waals surface area contributed by atoms with Crippen LogP contribution in [-0.4, -0.2) is 18.2 Å². The van der Waals surface area contributed by atoms with Gasteiger partial charge >= 0.3 is 0 Å². The van der Waals surface area contributed by atoms with Crippen LogP contribution in [0.3, 0.4) is 0 Å². The number of rotatable bonds is 4. The Morgan fingerprint density at radius 3 is 2.53 bits per heavy atom. The van der Waals surface area contributed by atoms with Crippen LogP contribution in [0.15, 0.2) is 41.6 Å². The number of nitrogens with one attached hydrogen (secondary N) is 1. The maximum Gasteiger partial charge on any atom is 0.262 e. The second-order valence-electron chi connectivity index (χ2n) is 4.67. The van der Waals surface area contributed by atoms with Gasteiger partial charge in [0.2, 0.25) is 0 Å². The van der Waals surface area contributed by atoms with Crippen LogP contribution in [-0.2, 0) is 10.0 Å². The van der Waals surface area contributed by atoms with E-state index in [2.05, 4.69) is 9.82 Å². The van der Waals surface area contributed by atoms with E-state index in [4.69, 9.17) is 0 Å². The number of sulfonamides is 1. The summed E-state index contributed by atoms with van der Waals surface area (Å²) in [5, 5.41) is 4.11. The summed E-state index contributed by atoms with van der Waals surface area (Å²) in [5.41, 5.74) is 1.18. The van der Waals surface area contributed by atoms with Gasteiger partial charge in [0.25, 0.3) is 10.0 Å². The number of anilines is 1. The predicted octanol–water partition coefficient (Wildman–Crippen LogP) is 2.57. The van der Waals surface area contributed by atoms with Gasteiger partial charge in [-0.1, -0.05) is 18.2 Å². The standard InChI is InChI=1S/C13H17N3O2S/c1-10(2)16-9-12(8-14-16)15-19(17,18)13-7-5-4-6-11(13)3/h4-10,15H,1-3H3. The monoisotopic (exact) mass is 279 g/mol. The van der Waals surface area contributed by atoms with Gasteiger partial charge in [-0.05, 0) is 32.4 Å². The first-order valence-corrected chi connectivity index (χ1v) is 7.51. The molecule has 1 N–H and O–H groups in total. The molecule has 19 heavy (non-hydrogen) atoms. The fraction of sp³-hybridized carbons (Fsp3) is 0.308. The minimum Gasteiger partial charge on any atom is -0.276 e. The molecule has 0 amide bonds. The third-order valence-corrected chi connectivity index (χ3v) is 4.31. The van der Waals surface area contributed by atoms with Crippen molar-refractivity contribution in [2.75, 3.05) is 4.72 Å². The number of aromatic nitrogens is 2. The first-order valence-electron chi connectivity index (χ1n) is 6.03. The van der Waals surface area contributed by atoms with Gasteiger partial charge in [0.05, 0.1) is 16.8 Å². The summed E-state index contributed by atoms with van der Waals surface area (Å²) in [6.07, 6.45) is 3.19. The summed E-state index contributed by atoms with van der Waals surface area (Å²) >= 11 is 0. The van der Waals surface area contributed by atoms with E-state index in [1.54, 1.807) is 36.0 Å². The van der Waals surface area contributed by atoms with Crippen molar-refractivity contribution < 1.29 is 8.42 Å². The molecule has 0 bridgehead atoms. The summed E-state index contributed by atoms with van der Waals surface area (Å²) in [5.74, 6) is 0. The summed E-state index contributed by atoms with van der Waals surface area (Å²) in [6.45, 7) is 5.73. The Morgan fingerprint density at radius 2 is 1.95 bits per heavy atom. The Kier molecular flexibility index (Phi) is 3.61. The van der Waals surface area contributed by atoms with E-state index in [9.17, 15) is 8.42 Å². The van der Waals surface area contributed by atoms with Gasteiger partial charge in [-0.3, -0.25) is 9.40 Å². The molecule has 102 valence electrons. The molecule has 1 aromatic carbocycles. The molecule has 2 rings (SSSR count). The summed E-state index contributed by atoms with van der Waals surface area (Å²) < 4.78 is 28.8. The first-order chi connectivity index (χ1) is 8.90. The van der Waals surface area contributed by atoms with Crippen molar-refractivity contribution >= 4 is 15.7 Å². The highest BCUT2D eigenvalue weighted by Gasteiger charge is 2.17. The lowest BCUT2D eigenvalue weighted by molar-refractivity contribution is 0.532. The predicted molar refractivity (Wildman–Crippen MR) is 74.6 cm³/mol. The van der Waals surface area contributed by atoms with E-state index >= 15 is 0 Å². The molecule has 5 nitrogen and oxygen atoms in total. The number of aryl methyl sites for hydroxylation is 1. The van der Waals surface area contributed by atoms with Crippen LogP contribution < -0.4 is 4.72 Å². The van der Waals surface area contributed by atoms with Crippen molar-refractivity contribution in [3.63, 3.8) is 0 Å². The van der Waals surface area contributed by atoms with Gasteiger partial charge in [0, 0.05) is 12.2 Å². The highest BCUT2D eigenvalue weighted by Crippen LogP contribution is 2.19. The van der Waals surface area contributed by atoms with Gasteiger partial charge in [0.15, 0.2) is 0 Å². The molecule has 0 aliphatic rings. The van der Waals surface area contributed by atoms with Crippen molar-refractivity contribution in [3.05, 3.63) is 42.2 Å². The van der Waals surface area contributed by atoms with Crippen LogP contribution in [0, 0.1) is 6.92 Å². The largest absolute Gasteiger partial charge is 0.276 e. The lowest BCUT2D eigenvalue weighted by Gasteiger charge is -2.08. The van der Waals surface area contributed by atoms with E-state index in [1.165, 1.54) is 6.20 Å². The highest BCUT2D eigenvalue weighted by atomic mass is 32.2. The molecule has 0 aliphatic carbocycles. The summed E-state index contributed by atoms with van der Waals surface area (Å²) in [7, 11) is -3.56. The topological polar surface area (TPSA) is 64.0 Å². The molecule has 0 atom stereocenters. The minimum atomic E-state index is -3.56. The van der Waals surface area contributed by atoms with Gasteiger partial charge < -0.3 is 0 Å². The zero-order valence-corrected chi connectivity index (χ0v) is 12.0. The fourth-order valence-electron chi connectivity index (χ4n) is 1.74. The lowest BCUT2D eigenvalue weighted by atomic mass is 10.2. The summed E-state index contributed by atoms with van der Waals surface area (Å²) in [6, 6.07) is 7.07. The van der Waals surface area contributed by atoms with Crippen LogP contribution in [0.4, 0.5) is 5.69 Å². The number of hydrogen-bond donors (Lipinski definition) is 1. The van der Waals surface area contributed by atoms with E-state index < -0.39 is 10.0 Å². The van der Waals surface area contributed by atoms with Crippen LogP contribution in [0.2, 0.25) is 0 Å². The normalized spacial score (nSPS) is 11.8. The minimum absolute atomic E-state index is 0.191. The molecular weight excluding hydrogens is 262 g/mol. The quantitative estimate of drug-likeness (QED) is 0.935. The van der Waals surface area contributed by atoms with Crippen LogP contribution >= 0.6 is 0 Å². The molecule has 0 saturated carbocycles. The van der Waals surface area contributed by atoms with Gasteiger partial charge in [0.1, 0.15) is 0 Å².